The van der Waals surface area contributed by atoms with E-state index in [0.29, 0.717) is 33.0 Å². The van der Waals surface area contributed by atoms with Crippen molar-refractivity contribution in [3.05, 3.63) is 34.9 Å². The van der Waals surface area contributed by atoms with Crippen molar-refractivity contribution in [1.82, 2.24) is 5.32 Å². The van der Waals surface area contributed by atoms with Crippen LogP contribution < -0.4 is 5.32 Å². The highest BCUT2D eigenvalue weighted by atomic mass is 35.5. The number of rotatable bonds is 16. The fourth-order valence-electron chi connectivity index (χ4n) is 1.98. The second-order valence-electron chi connectivity index (χ2n) is 7.07. The molecular formula is C24H40ClNO3. The summed E-state index contributed by atoms with van der Waals surface area (Å²) in [5, 5.41) is 4.09. The summed E-state index contributed by atoms with van der Waals surface area (Å²) in [6, 6.07) is 7.83. The van der Waals surface area contributed by atoms with Crippen LogP contribution in [0.15, 0.2) is 24.3 Å². The van der Waals surface area contributed by atoms with Crippen LogP contribution >= 0.6 is 11.6 Å². The van der Waals surface area contributed by atoms with Crippen LogP contribution in [0.2, 0.25) is 5.02 Å². The molecule has 1 aromatic rings. The van der Waals surface area contributed by atoms with Crippen LogP contribution in [0.3, 0.4) is 0 Å². The van der Waals surface area contributed by atoms with E-state index in [1.165, 1.54) is 6.42 Å². The molecule has 0 amide bonds. The number of terminal acetylenes is 1. The van der Waals surface area contributed by atoms with Gasteiger partial charge in [0.05, 0.1) is 33.0 Å². The molecule has 5 heteroatoms. The number of benzene rings is 1. The molecule has 0 saturated carbocycles. The monoisotopic (exact) mass is 425 g/mol. The van der Waals surface area contributed by atoms with E-state index < -0.39 is 0 Å². The quantitative estimate of drug-likeness (QED) is 0.287. The Hall–Kier alpha value is -1.09. The van der Waals surface area contributed by atoms with Crippen LogP contribution in [-0.2, 0) is 20.8 Å². The molecule has 0 aromatic heterocycles. The maximum Gasteiger partial charge on any atom is 0.0701 e. The van der Waals surface area contributed by atoms with Gasteiger partial charge in [-0.2, -0.15) is 0 Å². The Morgan fingerprint density at radius 2 is 1.55 bits per heavy atom. The van der Waals surface area contributed by atoms with Gasteiger partial charge in [0, 0.05) is 31.1 Å². The van der Waals surface area contributed by atoms with Crippen LogP contribution in [0.4, 0.5) is 0 Å². The van der Waals surface area contributed by atoms with Crippen LogP contribution in [-0.4, -0.2) is 46.2 Å². The van der Waals surface area contributed by atoms with Crippen LogP contribution in [0.25, 0.3) is 0 Å². The predicted molar refractivity (Wildman–Crippen MR) is 123 cm³/mol. The SMILES string of the molecule is C#CCCCCOCCOCCOCCNCc1ccccc1Cl.CCC(C)C. The van der Waals surface area contributed by atoms with Gasteiger partial charge in [0.25, 0.3) is 0 Å². The lowest BCUT2D eigenvalue weighted by atomic mass is 10.2. The van der Waals surface area contributed by atoms with Crippen molar-refractivity contribution in [2.24, 2.45) is 5.92 Å². The summed E-state index contributed by atoms with van der Waals surface area (Å²) in [5.41, 5.74) is 1.10. The number of unbranched alkanes of at least 4 members (excludes halogenated alkanes) is 2. The zero-order valence-electron chi connectivity index (χ0n) is 18.6. The average molecular weight is 426 g/mol. The summed E-state index contributed by atoms with van der Waals surface area (Å²) in [5.74, 6) is 3.50. The molecule has 0 radical (unpaired) electrons. The molecule has 29 heavy (non-hydrogen) atoms. The fourth-order valence-corrected chi connectivity index (χ4v) is 2.18. The minimum atomic E-state index is 0.588. The molecule has 0 aliphatic heterocycles. The smallest absolute Gasteiger partial charge is 0.0701 e. The molecule has 0 unspecified atom stereocenters. The predicted octanol–water partition coefficient (Wildman–Crippen LogP) is 5.34. The Morgan fingerprint density at radius 1 is 0.966 bits per heavy atom. The topological polar surface area (TPSA) is 39.7 Å². The first-order valence-electron chi connectivity index (χ1n) is 10.7. The van der Waals surface area contributed by atoms with Gasteiger partial charge in [-0.3, -0.25) is 0 Å². The highest BCUT2D eigenvalue weighted by Crippen LogP contribution is 2.13. The van der Waals surface area contributed by atoms with E-state index in [2.05, 4.69) is 32.0 Å². The Bertz CT molecular complexity index is 517. The molecule has 0 bridgehead atoms. The zero-order chi connectivity index (χ0) is 21.6. The molecule has 0 heterocycles. The van der Waals surface area contributed by atoms with Crippen LogP contribution in [0.5, 0.6) is 0 Å². The third kappa shape index (κ3) is 20.0. The number of hydrogen-bond donors (Lipinski definition) is 1. The Balaban J connectivity index is 0.00000139. The number of ether oxygens (including phenoxy) is 3. The summed E-state index contributed by atoms with van der Waals surface area (Å²) in [6.45, 7) is 12.0. The average Bonchev–Trinajstić information content (AvgIpc) is 2.72. The van der Waals surface area contributed by atoms with Gasteiger partial charge in [0.2, 0.25) is 0 Å². The number of hydrogen-bond acceptors (Lipinski definition) is 4. The van der Waals surface area contributed by atoms with Crippen molar-refractivity contribution in [1.29, 1.82) is 0 Å². The van der Waals surface area contributed by atoms with Crippen LogP contribution in [0.1, 0.15) is 52.0 Å². The van der Waals surface area contributed by atoms with E-state index in [0.717, 1.165) is 55.5 Å². The van der Waals surface area contributed by atoms with Crippen molar-refractivity contribution in [3.8, 4) is 12.3 Å². The van der Waals surface area contributed by atoms with E-state index in [9.17, 15) is 0 Å². The van der Waals surface area contributed by atoms with E-state index in [-0.39, 0.29) is 0 Å². The lowest BCUT2D eigenvalue weighted by Crippen LogP contribution is -2.20. The molecule has 4 nitrogen and oxygen atoms in total. The number of nitrogens with one attached hydrogen (secondary N) is 1. The Morgan fingerprint density at radius 3 is 2.14 bits per heavy atom. The van der Waals surface area contributed by atoms with E-state index in [1.54, 1.807) is 0 Å². The van der Waals surface area contributed by atoms with E-state index in [1.807, 2.05) is 24.3 Å². The lowest BCUT2D eigenvalue weighted by Gasteiger charge is -2.08. The lowest BCUT2D eigenvalue weighted by molar-refractivity contribution is 0.0145. The van der Waals surface area contributed by atoms with Gasteiger partial charge < -0.3 is 19.5 Å². The fraction of sp³-hybridized carbons (Fsp3) is 0.667. The van der Waals surface area contributed by atoms with Gasteiger partial charge in [-0.15, -0.1) is 12.3 Å². The van der Waals surface area contributed by atoms with E-state index in [4.69, 9.17) is 32.2 Å². The molecule has 1 aromatic carbocycles. The maximum atomic E-state index is 6.08. The molecule has 1 rings (SSSR count). The summed E-state index contributed by atoms with van der Waals surface area (Å²) < 4.78 is 16.4. The largest absolute Gasteiger partial charge is 0.379 e. The third-order valence-electron chi connectivity index (χ3n) is 4.12. The normalized spacial score (nSPS) is 10.5. The van der Waals surface area contributed by atoms with Gasteiger partial charge >= 0.3 is 0 Å². The minimum absolute atomic E-state index is 0.588. The van der Waals surface area contributed by atoms with Gasteiger partial charge in [0.15, 0.2) is 0 Å². The summed E-state index contributed by atoms with van der Waals surface area (Å²) >= 11 is 6.08. The van der Waals surface area contributed by atoms with Crippen LogP contribution in [0, 0.1) is 18.3 Å². The van der Waals surface area contributed by atoms with Gasteiger partial charge in [-0.25, -0.2) is 0 Å². The standard InChI is InChI=1S/C19H28ClNO3.C5H12/c1-2-3-4-7-11-22-13-15-24-16-14-23-12-10-21-17-18-8-5-6-9-19(18)20;1-4-5(2)3/h1,5-6,8-9,21H,3-4,7,10-17H2;5H,4H2,1-3H3. The molecular weight excluding hydrogens is 386 g/mol. The second kappa shape index (κ2) is 21.6. The van der Waals surface area contributed by atoms with Crippen molar-refractivity contribution < 1.29 is 14.2 Å². The summed E-state index contributed by atoms with van der Waals surface area (Å²) in [7, 11) is 0. The zero-order valence-corrected chi connectivity index (χ0v) is 19.3. The molecule has 0 aliphatic carbocycles. The van der Waals surface area contributed by atoms with Gasteiger partial charge in [-0.05, 0) is 30.4 Å². The molecule has 0 atom stereocenters. The van der Waals surface area contributed by atoms with Gasteiger partial charge in [0.1, 0.15) is 0 Å². The second-order valence-corrected chi connectivity index (χ2v) is 7.48. The highest BCUT2D eigenvalue weighted by Gasteiger charge is 1.97. The Labute approximate surface area is 183 Å². The molecule has 0 fully saturated rings. The minimum Gasteiger partial charge on any atom is -0.379 e. The highest BCUT2D eigenvalue weighted by molar-refractivity contribution is 6.31. The van der Waals surface area contributed by atoms with Crippen molar-refractivity contribution in [2.75, 3.05) is 46.2 Å². The van der Waals surface area contributed by atoms with Crippen molar-refractivity contribution in [2.45, 2.75) is 53.0 Å². The number of halogens is 1. The first-order chi connectivity index (χ1) is 14.1. The van der Waals surface area contributed by atoms with Crippen molar-refractivity contribution in [3.63, 3.8) is 0 Å². The first-order valence-corrected chi connectivity index (χ1v) is 11.1. The maximum absolute atomic E-state index is 6.08. The molecule has 0 aliphatic rings. The van der Waals surface area contributed by atoms with Gasteiger partial charge in [-0.1, -0.05) is 57.0 Å². The molecule has 0 spiro atoms. The van der Waals surface area contributed by atoms with Crippen molar-refractivity contribution >= 4 is 11.6 Å². The summed E-state index contributed by atoms with van der Waals surface area (Å²) in [4.78, 5) is 0. The molecule has 166 valence electrons. The molecule has 1 N–H and O–H groups in total. The van der Waals surface area contributed by atoms with E-state index >= 15 is 0 Å². The first kappa shape index (κ1) is 27.9. The molecule has 0 saturated heterocycles. The third-order valence-corrected chi connectivity index (χ3v) is 4.49. The summed E-state index contributed by atoms with van der Waals surface area (Å²) in [6.07, 6.45) is 9.34. The Kier molecular flexibility index (Phi) is 20.8.